The Balaban J connectivity index is 2.76. The van der Waals surface area contributed by atoms with Gasteiger partial charge in [-0.05, 0) is 44.5 Å². The van der Waals surface area contributed by atoms with Crippen LogP contribution in [0.5, 0.6) is 5.75 Å². The van der Waals surface area contributed by atoms with Crippen molar-refractivity contribution in [1.29, 1.82) is 0 Å². The summed E-state index contributed by atoms with van der Waals surface area (Å²) in [5, 5.41) is 13.1. The SMILES string of the molecule is CNC(C)c1ccc(OCC(C)(O)C(C)C)c(F)c1. The van der Waals surface area contributed by atoms with Crippen LogP contribution in [-0.2, 0) is 0 Å². The summed E-state index contributed by atoms with van der Waals surface area (Å²) in [6.45, 7) is 7.52. The van der Waals surface area contributed by atoms with E-state index in [4.69, 9.17) is 4.74 Å². The van der Waals surface area contributed by atoms with Gasteiger partial charge in [0.1, 0.15) is 6.61 Å². The van der Waals surface area contributed by atoms with E-state index < -0.39 is 11.4 Å². The molecule has 19 heavy (non-hydrogen) atoms. The first kappa shape index (κ1) is 15.9. The van der Waals surface area contributed by atoms with Crippen molar-refractivity contribution in [2.24, 2.45) is 5.92 Å². The second-order valence-electron chi connectivity index (χ2n) is 5.50. The molecule has 1 aromatic rings. The fraction of sp³-hybridized carbons (Fsp3) is 0.600. The van der Waals surface area contributed by atoms with E-state index >= 15 is 0 Å². The second-order valence-corrected chi connectivity index (χ2v) is 5.50. The van der Waals surface area contributed by atoms with Gasteiger partial charge in [-0.15, -0.1) is 0 Å². The lowest BCUT2D eigenvalue weighted by Crippen LogP contribution is -2.37. The Morgan fingerprint density at radius 3 is 2.47 bits per heavy atom. The largest absolute Gasteiger partial charge is 0.488 e. The number of hydrogen-bond acceptors (Lipinski definition) is 3. The molecule has 1 rings (SSSR count). The summed E-state index contributed by atoms with van der Waals surface area (Å²) in [6.07, 6.45) is 0. The average molecular weight is 269 g/mol. The summed E-state index contributed by atoms with van der Waals surface area (Å²) < 4.78 is 19.3. The fourth-order valence-electron chi connectivity index (χ4n) is 1.46. The quantitative estimate of drug-likeness (QED) is 0.834. The Morgan fingerprint density at radius 1 is 1.37 bits per heavy atom. The van der Waals surface area contributed by atoms with Crippen LogP contribution in [0.15, 0.2) is 18.2 Å². The molecule has 0 aliphatic rings. The molecule has 0 radical (unpaired) electrons. The van der Waals surface area contributed by atoms with Crippen LogP contribution in [0.25, 0.3) is 0 Å². The monoisotopic (exact) mass is 269 g/mol. The van der Waals surface area contributed by atoms with Gasteiger partial charge < -0.3 is 15.2 Å². The molecule has 0 fully saturated rings. The molecule has 0 heterocycles. The van der Waals surface area contributed by atoms with Crippen molar-refractivity contribution in [2.45, 2.75) is 39.3 Å². The molecule has 2 atom stereocenters. The van der Waals surface area contributed by atoms with Crippen molar-refractivity contribution in [3.05, 3.63) is 29.6 Å². The minimum absolute atomic E-state index is 0.0409. The molecular weight excluding hydrogens is 245 g/mol. The van der Waals surface area contributed by atoms with E-state index in [1.165, 1.54) is 6.07 Å². The number of benzene rings is 1. The molecule has 0 aliphatic heterocycles. The molecule has 0 amide bonds. The highest BCUT2D eigenvalue weighted by Crippen LogP contribution is 2.24. The zero-order chi connectivity index (χ0) is 14.6. The lowest BCUT2D eigenvalue weighted by molar-refractivity contribution is -0.0275. The minimum atomic E-state index is -0.969. The lowest BCUT2D eigenvalue weighted by Gasteiger charge is -2.27. The van der Waals surface area contributed by atoms with Gasteiger partial charge in [0.2, 0.25) is 0 Å². The minimum Gasteiger partial charge on any atom is -0.488 e. The van der Waals surface area contributed by atoms with Crippen molar-refractivity contribution in [2.75, 3.05) is 13.7 Å². The van der Waals surface area contributed by atoms with E-state index in [9.17, 15) is 9.50 Å². The molecule has 0 aliphatic carbocycles. The topological polar surface area (TPSA) is 41.5 Å². The average Bonchev–Trinajstić information content (AvgIpc) is 2.36. The molecule has 0 saturated carbocycles. The van der Waals surface area contributed by atoms with Gasteiger partial charge >= 0.3 is 0 Å². The number of aliphatic hydroxyl groups is 1. The van der Waals surface area contributed by atoms with Gasteiger partial charge in [0.15, 0.2) is 11.6 Å². The van der Waals surface area contributed by atoms with Gasteiger partial charge in [-0.2, -0.15) is 0 Å². The first-order valence-corrected chi connectivity index (χ1v) is 6.60. The smallest absolute Gasteiger partial charge is 0.165 e. The highest BCUT2D eigenvalue weighted by Gasteiger charge is 2.26. The van der Waals surface area contributed by atoms with Crippen molar-refractivity contribution in [1.82, 2.24) is 5.32 Å². The molecule has 0 spiro atoms. The first-order chi connectivity index (χ1) is 8.77. The summed E-state index contributed by atoms with van der Waals surface area (Å²) in [4.78, 5) is 0. The van der Waals surface area contributed by atoms with Crippen LogP contribution in [0.1, 0.15) is 39.3 Å². The lowest BCUT2D eigenvalue weighted by atomic mass is 9.94. The van der Waals surface area contributed by atoms with E-state index in [1.54, 1.807) is 13.0 Å². The zero-order valence-electron chi connectivity index (χ0n) is 12.3. The van der Waals surface area contributed by atoms with Gasteiger partial charge in [-0.25, -0.2) is 4.39 Å². The van der Waals surface area contributed by atoms with Crippen molar-refractivity contribution in [3.63, 3.8) is 0 Å². The highest BCUT2D eigenvalue weighted by molar-refractivity contribution is 5.31. The standard InChI is InChI=1S/C15H24FNO2/c1-10(2)15(4,18)9-19-14-7-6-12(8-13(14)16)11(3)17-5/h6-8,10-11,17-18H,9H2,1-5H3. The summed E-state index contributed by atoms with van der Waals surface area (Å²) in [6, 6.07) is 4.97. The second kappa shape index (κ2) is 6.35. The van der Waals surface area contributed by atoms with Crippen LogP contribution in [-0.4, -0.2) is 24.4 Å². The van der Waals surface area contributed by atoms with E-state index in [2.05, 4.69) is 5.32 Å². The molecule has 3 nitrogen and oxygen atoms in total. The predicted octanol–water partition coefficient (Wildman–Crippen LogP) is 2.89. The molecule has 1 aromatic carbocycles. The summed E-state index contributed by atoms with van der Waals surface area (Å²) in [5.41, 5.74) is -0.105. The van der Waals surface area contributed by atoms with Crippen molar-refractivity contribution < 1.29 is 14.2 Å². The molecule has 2 unspecified atom stereocenters. The van der Waals surface area contributed by atoms with E-state index in [0.29, 0.717) is 0 Å². The maximum atomic E-state index is 13.9. The van der Waals surface area contributed by atoms with Crippen LogP contribution >= 0.6 is 0 Å². The first-order valence-electron chi connectivity index (χ1n) is 6.60. The molecule has 2 N–H and O–H groups in total. The number of rotatable bonds is 6. The van der Waals surface area contributed by atoms with Crippen LogP contribution in [0, 0.1) is 11.7 Å². The third-order valence-corrected chi connectivity index (χ3v) is 3.65. The zero-order valence-corrected chi connectivity index (χ0v) is 12.3. The molecule has 4 heteroatoms. The van der Waals surface area contributed by atoms with Gasteiger partial charge in [0, 0.05) is 6.04 Å². The fourth-order valence-corrected chi connectivity index (χ4v) is 1.46. The Morgan fingerprint density at radius 2 is 2.00 bits per heavy atom. The maximum Gasteiger partial charge on any atom is 0.165 e. The number of ether oxygens (including phenoxy) is 1. The number of hydrogen-bond donors (Lipinski definition) is 2. The molecule has 0 bridgehead atoms. The van der Waals surface area contributed by atoms with Gasteiger partial charge in [0.25, 0.3) is 0 Å². The number of nitrogens with one attached hydrogen (secondary N) is 1. The Kier molecular flexibility index (Phi) is 5.32. The van der Waals surface area contributed by atoms with E-state index in [0.717, 1.165) is 5.56 Å². The van der Waals surface area contributed by atoms with Gasteiger partial charge in [-0.3, -0.25) is 0 Å². The van der Waals surface area contributed by atoms with Crippen LogP contribution in [0.4, 0.5) is 4.39 Å². The molecular formula is C15H24FNO2. The molecule has 0 aromatic heterocycles. The van der Waals surface area contributed by atoms with Gasteiger partial charge in [-0.1, -0.05) is 19.9 Å². The van der Waals surface area contributed by atoms with Gasteiger partial charge in [0.05, 0.1) is 5.60 Å². The predicted molar refractivity (Wildman–Crippen MR) is 74.8 cm³/mol. The maximum absolute atomic E-state index is 13.9. The third-order valence-electron chi connectivity index (χ3n) is 3.65. The third kappa shape index (κ3) is 4.18. The summed E-state index contributed by atoms with van der Waals surface area (Å²) >= 11 is 0. The molecule has 0 saturated heterocycles. The number of halogens is 1. The Hall–Kier alpha value is -1.13. The van der Waals surface area contributed by atoms with Crippen LogP contribution in [0.3, 0.4) is 0 Å². The highest BCUT2D eigenvalue weighted by atomic mass is 19.1. The molecule has 108 valence electrons. The van der Waals surface area contributed by atoms with Crippen LogP contribution in [0.2, 0.25) is 0 Å². The Bertz CT molecular complexity index is 419. The van der Waals surface area contributed by atoms with E-state index in [-0.39, 0.29) is 24.3 Å². The van der Waals surface area contributed by atoms with Crippen LogP contribution < -0.4 is 10.1 Å². The van der Waals surface area contributed by atoms with E-state index in [1.807, 2.05) is 33.9 Å². The van der Waals surface area contributed by atoms with Crippen molar-refractivity contribution >= 4 is 0 Å². The van der Waals surface area contributed by atoms with Crippen molar-refractivity contribution in [3.8, 4) is 5.75 Å². The normalized spacial score (nSPS) is 16.2. The summed E-state index contributed by atoms with van der Waals surface area (Å²) in [7, 11) is 1.83. The Labute approximate surface area is 114 Å². The summed E-state index contributed by atoms with van der Waals surface area (Å²) in [5.74, 6) is -0.189.